The zero-order valence-electron chi connectivity index (χ0n) is 18.9. The molecule has 3 saturated carbocycles. The monoisotopic (exact) mass is 396 g/mol. The molecule has 0 saturated heterocycles. The highest BCUT2D eigenvalue weighted by Gasteiger charge is 2.68. The highest BCUT2D eigenvalue weighted by atomic mass is 16.7. The number of ketones is 1. The van der Waals surface area contributed by atoms with Crippen molar-refractivity contribution in [3.8, 4) is 0 Å². The van der Waals surface area contributed by atoms with Crippen LogP contribution >= 0.6 is 0 Å². The van der Waals surface area contributed by atoms with Crippen molar-refractivity contribution in [1.82, 2.24) is 0 Å². The van der Waals surface area contributed by atoms with Gasteiger partial charge in [-0.25, -0.2) is 0 Å². The number of rotatable bonds is 6. The molecule has 3 fully saturated rings. The molecular formula is C23H40O5. The summed E-state index contributed by atoms with van der Waals surface area (Å²) in [6.07, 6.45) is 4.90. The summed E-state index contributed by atoms with van der Waals surface area (Å²) in [6.45, 7) is 11.6. The first-order chi connectivity index (χ1) is 13.2. The van der Waals surface area contributed by atoms with E-state index >= 15 is 0 Å². The van der Waals surface area contributed by atoms with Gasteiger partial charge in [0, 0.05) is 38.6 Å². The minimum atomic E-state index is -0.825. The van der Waals surface area contributed by atoms with E-state index in [1.165, 1.54) is 0 Å². The van der Waals surface area contributed by atoms with Crippen molar-refractivity contribution in [3.05, 3.63) is 0 Å². The van der Waals surface area contributed by atoms with Gasteiger partial charge in [0.25, 0.3) is 0 Å². The predicted octanol–water partition coefficient (Wildman–Crippen LogP) is 4.23. The maximum atomic E-state index is 13.8. The van der Waals surface area contributed by atoms with Gasteiger partial charge >= 0.3 is 0 Å². The third-order valence-electron chi connectivity index (χ3n) is 8.86. The van der Waals surface area contributed by atoms with E-state index in [1.807, 2.05) is 21.0 Å². The van der Waals surface area contributed by atoms with Crippen LogP contribution in [0.4, 0.5) is 0 Å². The zero-order valence-corrected chi connectivity index (χ0v) is 18.9. The minimum absolute atomic E-state index is 0.0352. The molecule has 28 heavy (non-hydrogen) atoms. The lowest BCUT2D eigenvalue weighted by atomic mass is 9.45. The van der Waals surface area contributed by atoms with Crippen LogP contribution < -0.4 is 0 Å². The standard InChI is InChI=1S/C23H40O5/c1-8-28-21(4)13-18(27-14-25-6)22(5)15(2)9-11-23(16(3)20(21)24)12-10-17(26-7)19(22)23/h15-19H,8-14H2,1-7H3/t15-,16+,17-,18-,19?,21-,22+,23?/m1/s1. The van der Waals surface area contributed by atoms with Crippen LogP contribution in [0, 0.1) is 28.6 Å². The van der Waals surface area contributed by atoms with Crippen LogP contribution in [-0.4, -0.2) is 51.2 Å². The van der Waals surface area contributed by atoms with Gasteiger partial charge in [0.2, 0.25) is 0 Å². The molecular weight excluding hydrogens is 356 g/mol. The van der Waals surface area contributed by atoms with Gasteiger partial charge in [0.15, 0.2) is 5.78 Å². The maximum absolute atomic E-state index is 13.8. The lowest BCUT2D eigenvalue weighted by Gasteiger charge is -2.62. The van der Waals surface area contributed by atoms with E-state index in [2.05, 4.69) is 20.8 Å². The summed E-state index contributed by atoms with van der Waals surface area (Å²) in [5.41, 5.74) is -0.957. The van der Waals surface area contributed by atoms with Crippen LogP contribution in [0.15, 0.2) is 0 Å². The van der Waals surface area contributed by atoms with Crippen LogP contribution in [-0.2, 0) is 23.7 Å². The molecule has 3 aliphatic rings. The Morgan fingerprint density at radius 3 is 2.39 bits per heavy atom. The topological polar surface area (TPSA) is 54.0 Å². The van der Waals surface area contributed by atoms with Gasteiger partial charge < -0.3 is 18.9 Å². The summed E-state index contributed by atoms with van der Waals surface area (Å²) >= 11 is 0. The van der Waals surface area contributed by atoms with E-state index in [4.69, 9.17) is 18.9 Å². The van der Waals surface area contributed by atoms with Crippen molar-refractivity contribution in [2.75, 3.05) is 27.6 Å². The number of methoxy groups -OCH3 is 2. The molecule has 3 rings (SSSR count). The molecule has 0 radical (unpaired) electrons. The number of Topliss-reactive ketones (excluding diaryl/α,β-unsaturated/α-hetero) is 1. The van der Waals surface area contributed by atoms with Crippen molar-refractivity contribution in [1.29, 1.82) is 0 Å². The number of hydrogen-bond acceptors (Lipinski definition) is 5. The Labute approximate surface area is 170 Å². The summed E-state index contributed by atoms with van der Waals surface area (Å²) in [6, 6.07) is 0. The normalized spacial score (nSPS) is 48.8. The number of carbonyl (C=O) groups excluding carboxylic acids is 1. The zero-order chi connectivity index (χ0) is 20.7. The Morgan fingerprint density at radius 2 is 1.79 bits per heavy atom. The van der Waals surface area contributed by atoms with E-state index in [9.17, 15) is 4.79 Å². The summed E-state index contributed by atoms with van der Waals surface area (Å²) in [4.78, 5) is 13.8. The van der Waals surface area contributed by atoms with E-state index < -0.39 is 5.60 Å². The third kappa shape index (κ3) is 3.08. The molecule has 0 heterocycles. The van der Waals surface area contributed by atoms with Crippen LogP contribution in [0.5, 0.6) is 0 Å². The second kappa shape index (κ2) is 7.98. The molecule has 8 atom stereocenters. The SMILES string of the molecule is CCO[C@]1(C)C[C@@H](OCOC)[C@@]2(C)C3[C@H](OC)CCC3(CC[C@H]2C)[C@@H](C)C1=O. The van der Waals surface area contributed by atoms with Gasteiger partial charge in [-0.1, -0.05) is 20.8 Å². The molecule has 2 bridgehead atoms. The average molecular weight is 397 g/mol. The molecule has 0 N–H and O–H groups in total. The first kappa shape index (κ1) is 22.2. The van der Waals surface area contributed by atoms with Gasteiger partial charge in [-0.15, -0.1) is 0 Å². The molecule has 5 heteroatoms. The van der Waals surface area contributed by atoms with E-state index in [0.717, 1.165) is 25.7 Å². The molecule has 0 amide bonds. The Hall–Kier alpha value is -0.490. The first-order valence-corrected chi connectivity index (χ1v) is 11.0. The fourth-order valence-corrected chi connectivity index (χ4v) is 7.21. The Morgan fingerprint density at radius 1 is 1.11 bits per heavy atom. The molecule has 0 aromatic rings. The molecule has 0 aliphatic heterocycles. The highest BCUT2D eigenvalue weighted by Crippen LogP contribution is 2.68. The average Bonchev–Trinajstić information content (AvgIpc) is 3.07. The van der Waals surface area contributed by atoms with Gasteiger partial charge in [0.05, 0.1) is 12.2 Å². The highest BCUT2D eigenvalue weighted by molar-refractivity contribution is 5.90. The van der Waals surface area contributed by atoms with Crippen LogP contribution in [0.1, 0.15) is 66.7 Å². The second-order valence-electron chi connectivity index (χ2n) is 9.85. The van der Waals surface area contributed by atoms with E-state index in [1.54, 1.807) is 7.11 Å². The lowest BCUT2D eigenvalue weighted by molar-refractivity contribution is -0.230. The molecule has 5 nitrogen and oxygen atoms in total. The molecule has 162 valence electrons. The first-order valence-electron chi connectivity index (χ1n) is 11.0. The van der Waals surface area contributed by atoms with E-state index in [0.29, 0.717) is 24.9 Å². The fourth-order valence-electron chi connectivity index (χ4n) is 7.21. The van der Waals surface area contributed by atoms with Crippen molar-refractivity contribution in [2.45, 2.75) is 84.5 Å². The minimum Gasteiger partial charge on any atom is -0.381 e. The van der Waals surface area contributed by atoms with Crippen LogP contribution in [0.25, 0.3) is 0 Å². The number of carbonyl (C=O) groups is 1. The molecule has 3 aliphatic carbocycles. The lowest BCUT2D eigenvalue weighted by Crippen LogP contribution is -2.64. The Balaban J connectivity index is 2.17. The van der Waals surface area contributed by atoms with Crippen molar-refractivity contribution >= 4 is 5.78 Å². The Bertz CT molecular complexity index is 579. The van der Waals surface area contributed by atoms with Gasteiger partial charge in [0.1, 0.15) is 12.4 Å². The third-order valence-corrected chi connectivity index (χ3v) is 8.86. The largest absolute Gasteiger partial charge is 0.381 e. The number of hydrogen-bond donors (Lipinski definition) is 0. The summed E-state index contributed by atoms with van der Waals surface area (Å²) in [5.74, 6) is 0.985. The van der Waals surface area contributed by atoms with Crippen molar-refractivity contribution < 1.29 is 23.7 Å². The quantitative estimate of drug-likeness (QED) is 0.629. The fraction of sp³-hybridized carbons (Fsp3) is 0.957. The van der Waals surface area contributed by atoms with Crippen molar-refractivity contribution in [3.63, 3.8) is 0 Å². The summed E-state index contributed by atoms with van der Waals surface area (Å²) in [7, 11) is 3.48. The van der Waals surface area contributed by atoms with Gasteiger partial charge in [-0.3, -0.25) is 4.79 Å². The molecule has 0 aromatic heterocycles. The summed E-state index contributed by atoms with van der Waals surface area (Å²) < 4.78 is 23.8. The van der Waals surface area contributed by atoms with E-state index in [-0.39, 0.29) is 41.5 Å². The molecule has 0 spiro atoms. The smallest absolute Gasteiger partial charge is 0.167 e. The van der Waals surface area contributed by atoms with Gasteiger partial charge in [-0.05, 0) is 56.8 Å². The van der Waals surface area contributed by atoms with Crippen molar-refractivity contribution in [2.24, 2.45) is 28.6 Å². The number of ether oxygens (including phenoxy) is 4. The Kier molecular flexibility index (Phi) is 6.32. The van der Waals surface area contributed by atoms with Crippen LogP contribution in [0.3, 0.4) is 0 Å². The second-order valence-corrected chi connectivity index (χ2v) is 9.85. The molecule has 2 unspecified atom stereocenters. The maximum Gasteiger partial charge on any atom is 0.167 e. The summed E-state index contributed by atoms with van der Waals surface area (Å²) in [5, 5.41) is 0. The predicted molar refractivity (Wildman–Crippen MR) is 108 cm³/mol. The van der Waals surface area contributed by atoms with Gasteiger partial charge in [-0.2, -0.15) is 0 Å². The van der Waals surface area contributed by atoms with Crippen LogP contribution in [0.2, 0.25) is 0 Å². The molecule has 0 aromatic carbocycles.